The fourth-order valence-corrected chi connectivity index (χ4v) is 2.99. The molecule has 0 bridgehead atoms. The normalized spacial score (nSPS) is 10.3. The average Bonchev–Trinajstić information content (AvgIpc) is 2.73. The van der Waals surface area contributed by atoms with E-state index in [4.69, 9.17) is 22.7 Å². The number of thiophene rings is 1. The average molecular weight is 342 g/mol. The van der Waals surface area contributed by atoms with Crippen LogP contribution in [0.4, 0.5) is 0 Å². The molecular weight excluding hydrogens is 330 g/mol. The summed E-state index contributed by atoms with van der Waals surface area (Å²) in [6.45, 7) is 2.54. The lowest BCUT2D eigenvalue weighted by Gasteiger charge is -2.10. The largest absolute Gasteiger partial charge is 0.488 e. The predicted octanol–water partition coefficient (Wildman–Crippen LogP) is 4.03. The van der Waals surface area contributed by atoms with Crippen LogP contribution < -0.4 is 10.5 Å². The Morgan fingerprint density at radius 3 is 2.83 bits per heavy atom. The molecule has 0 amide bonds. The molecule has 0 unspecified atom stereocenters. The lowest BCUT2D eigenvalue weighted by atomic mass is 10.1. The predicted molar refractivity (Wildman–Crippen MR) is 83.4 cm³/mol. The Bertz CT molecular complexity index is 580. The second-order valence-electron chi connectivity index (χ2n) is 3.82. The molecule has 0 saturated carbocycles. The summed E-state index contributed by atoms with van der Waals surface area (Å²) in [6.07, 6.45) is 0. The molecule has 2 aromatic rings. The number of hydrogen-bond acceptors (Lipinski definition) is 3. The zero-order valence-electron chi connectivity index (χ0n) is 9.77. The molecule has 0 atom stereocenters. The highest BCUT2D eigenvalue weighted by Crippen LogP contribution is 2.26. The van der Waals surface area contributed by atoms with Crippen LogP contribution in [-0.4, -0.2) is 4.99 Å². The van der Waals surface area contributed by atoms with Crippen molar-refractivity contribution in [1.82, 2.24) is 0 Å². The summed E-state index contributed by atoms with van der Waals surface area (Å²) in [7, 11) is 0. The molecule has 1 heterocycles. The number of benzene rings is 1. The Morgan fingerprint density at radius 1 is 1.44 bits per heavy atom. The Kier molecular flexibility index (Phi) is 4.37. The van der Waals surface area contributed by atoms with Gasteiger partial charge in [-0.15, -0.1) is 11.3 Å². The molecule has 0 aliphatic carbocycles. The maximum atomic E-state index is 5.82. The number of rotatable bonds is 4. The van der Waals surface area contributed by atoms with Crippen molar-refractivity contribution in [2.24, 2.45) is 5.73 Å². The topological polar surface area (TPSA) is 35.2 Å². The van der Waals surface area contributed by atoms with E-state index in [0.717, 1.165) is 26.2 Å². The highest BCUT2D eigenvalue weighted by Gasteiger charge is 2.06. The van der Waals surface area contributed by atoms with Crippen molar-refractivity contribution >= 4 is 44.5 Å². The van der Waals surface area contributed by atoms with Crippen LogP contribution in [0, 0.1) is 6.92 Å². The number of ether oxygens (including phenoxy) is 1. The highest BCUT2D eigenvalue weighted by atomic mass is 79.9. The van der Waals surface area contributed by atoms with Crippen molar-refractivity contribution in [3.63, 3.8) is 0 Å². The minimum Gasteiger partial charge on any atom is -0.488 e. The molecule has 5 heteroatoms. The SMILES string of the molecule is Cc1ccc(C(N)=S)cc1OCc1sccc1Br. The molecule has 0 radical (unpaired) electrons. The standard InChI is InChI=1S/C13H12BrNOS2/c1-8-2-3-9(13(15)17)6-11(8)16-7-12-10(14)4-5-18-12/h2-6H,7H2,1H3,(H2,15,17). The minimum atomic E-state index is 0.386. The van der Waals surface area contributed by atoms with Crippen LogP contribution in [0.2, 0.25) is 0 Å². The molecule has 0 aliphatic rings. The van der Waals surface area contributed by atoms with E-state index in [9.17, 15) is 0 Å². The van der Waals surface area contributed by atoms with Crippen LogP contribution in [0.15, 0.2) is 34.1 Å². The monoisotopic (exact) mass is 341 g/mol. The lowest BCUT2D eigenvalue weighted by Crippen LogP contribution is -2.09. The third-order valence-electron chi connectivity index (χ3n) is 2.52. The van der Waals surface area contributed by atoms with Crippen molar-refractivity contribution < 1.29 is 4.74 Å². The van der Waals surface area contributed by atoms with Gasteiger partial charge >= 0.3 is 0 Å². The van der Waals surface area contributed by atoms with Crippen molar-refractivity contribution in [2.75, 3.05) is 0 Å². The Morgan fingerprint density at radius 2 is 2.22 bits per heavy atom. The van der Waals surface area contributed by atoms with Gasteiger partial charge in [0.05, 0.1) is 4.88 Å². The molecule has 0 saturated heterocycles. The minimum absolute atomic E-state index is 0.386. The first-order valence-corrected chi connectivity index (χ1v) is 7.41. The van der Waals surface area contributed by atoms with E-state index in [1.807, 2.05) is 36.6 Å². The molecule has 2 nitrogen and oxygen atoms in total. The molecular formula is C13H12BrNOS2. The fourth-order valence-electron chi connectivity index (χ4n) is 1.48. The number of aryl methyl sites for hydroxylation is 1. The maximum absolute atomic E-state index is 5.82. The fraction of sp³-hybridized carbons (Fsp3) is 0.154. The Hall–Kier alpha value is -0.910. The van der Waals surface area contributed by atoms with Gasteiger partial charge in [0.1, 0.15) is 17.3 Å². The molecule has 0 spiro atoms. The van der Waals surface area contributed by atoms with Crippen molar-refractivity contribution in [1.29, 1.82) is 0 Å². The van der Waals surface area contributed by atoms with Crippen LogP contribution in [-0.2, 0) is 6.61 Å². The van der Waals surface area contributed by atoms with Crippen LogP contribution in [0.5, 0.6) is 5.75 Å². The summed E-state index contributed by atoms with van der Waals surface area (Å²) >= 11 is 10.1. The van der Waals surface area contributed by atoms with Gasteiger partial charge in [-0.05, 0) is 45.9 Å². The molecule has 2 rings (SSSR count). The summed E-state index contributed by atoms with van der Waals surface area (Å²) < 4.78 is 6.90. The highest BCUT2D eigenvalue weighted by molar-refractivity contribution is 9.10. The van der Waals surface area contributed by atoms with E-state index in [0.29, 0.717) is 11.6 Å². The first-order chi connectivity index (χ1) is 8.58. The van der Waals surface area contributed by atoms with E-state index in [1.165, 1.54) is 0 Å². The molecule has 0 fully saturated rings. The van der Waals surface area contributed by atoms with Crippen molar-refractivity contribution in [2.45, 2.75) is 13.5 Å². The van der Waals surface area contributed by atoms with E-state index in [2.05, 4.69) is 15.9 Å². The van der Waals surface area contributed by atoms with Crippen LogP contribution >= 0.6 is 39.5 Å². The lowest BCUT2D eigenvalue weighted by molar-refractivity contribution is 0.307. The summed E-state index contributed by atoms with van der Waals surface area (Å²) in [5.74, 6) is 0.820. The summed E-state index contributed by atoms with van der Waals surface area (Å²) in [5.41, 5.74) is 7.52. The van der Waals surface area contributed by atoms with Gasteiger partial charge in [-0.2, -0.15) is 0 Å². The molecule has 1 aromatic heterocycles. The second-order valence-corrected chi connectivity index (χ2v) is 6.12. The van der Waals surface area contributed by atoms with Crippen molar-refractivity contribution in [3.05, 3.63) is 50.1 Å². The number of halogens is 1. The van der Waals surface area contributed by atoms with Crippen molar-refractivity contribution in [3.8, 4) is 5.75 Å². The molecule has 18 heavy (non-hydrogen) atoms. The summed E-state index contributed by atoms with van der Waals surface area (Å²) in [6, 6.07) is 7.78. The summed E-state index contributed by atoms with van der Waals surface area (Å²) in [5, 5.41) is 2.03. The molecule has 0 aliphatic heterocycles. The zero-order chi connectivity index (χ0) is 13.1. The van der Waals surface area contributed by atoms with Gasteiger partial charge in [-0.25, -0.2) is 0 Å². The van der Waals surface area contributed by atoms with E-state index in [-0.39, 0.29) is 0 Å². The van der Waals surface area contributed by atoms with Crippen LogP contribution in [0.25, 0.3) is 0 Å². The first kappa shape index (κ1) is 13.5. The number of thiocarbonyl (C=S) groups is 1. The molecule has 94 valence electrons. The van der Waals surface area contributed by atoms with Crippen LogP contribution in [0.1, 0.15) is 16.0 Å². The smallest absolute Gasteiger partial charge is 0.124 e. The first-order valence-electron chi connectivity index (χ1n) is 5.33. The zero-order valence-corrected chi connectivity index (χ0v) is 13.0. The number of nitrogens with two attached hydrogens (primary N) is 1. The Labute approximate surface area is 124 Å². The van der Waals surface area contributed by atoms with Gasteiger partial charge in [-0.3, -0.25) is 0 Å². The van der Waals surface area contributed by atoms with E-state index in [1.54, 1.807) is 11.3 Å². The van der Waals surface area contributed by atoms with Gasteiger partial charge in [0.15, 0.2) is 0 Å². The van der Waals surface area contributed by atoms with Gasteiger partial charge in [0, 0.05) is 10.0 Å². The molecule has 2 N–H and O–H groups in total. The summed E-state index contributed by atoms with van der Waals surface area (Å²) in [4.78, 5) is 1.55. The third-order valence-corrected chi connectivity index (χ3v) is 4.66. The number of hydrogen-bond donors (Lipinski definition) is 1. The van der Waals surface area contributed by atoms with Gasteiger partial charge in [-0.1, -0.05) is 24.4 Å². The second kappa shape index (κ2) is 5.82. The third kappa shape index (κ3) is 3.10. The van der Waals surface area contributed by atoms with Gasteiger partial charge in [0.2, 0.25) is 0 Å². The Balaban J connectivity index is 2.16. The van der Waals surface area contributed by atoms with Gasteiger partial charge < -0.3 is 10.5 Å². The quantitative estimate of drug-likeness (QED) is 0.852. The maximum Gasteiger partial charge on any atom is 0.124 e. The molecule has 1 aromatic carbocycles. The van der Waals surface area contributed by atoms with Crippen LogP contribution in [0.3, 0.4) is 0 Å². The van der Waals surface area contributed by atoms with E-state index < -0.39 is 0 Å². The van der Waals surface area contributed by atoms with Gasteiger partial charge in [0.25, 0.3) is 0 Å². The van der Waals surface area contributed by atoms with E-state index >= 15 is 0 Å².